The van der Waals surface area contributed by atoms with Crippen LogP contribution >= 0.6 is 0 Å². The zero-order chi connectivity index (χ0) is 17.7. The molecular formula is C20H29N3O2. The zero-order valence-corrected chi connectivity index (χ0v) is 15.6. The fourth-order valence-electron chi connectivity index (χ4n) is 3.70. The molecule has 0 amide bonds. The predicted molar refractivity (Wildman–Crippen MR) is 98.3 cm³/mol. The van der Waals surface area contributed by atoms with Gasteiger partial charge in [-0.05, 0) is 25.7 Å². The Kier molecular flexibility index (Phi) is 5.89. The molecule has 2 aromatic rings. The van der Waals surface area contributed by atoms with Crippen molar-refractivity contribution in [3.8, 4) is 0 Å². The molecule has 0 unspecified atom stereocenters. The molecule has 0 atom stereocenters. The fourth-order valence-corrected chi connectivity index (χ4v) is 3.70. The SMILES string of the molecule is CCN(CC)C1(Cc2cc(CN(C)Cc3ccccc3)on2)COC1. The summed E-state index contributed by atoms with van der Waals surface area (Å²) in [5, 5.41) is 4.31. The third-order valence-corrected chi connectivity index (χ3v) is 5.01. The summed E-state index contributed by atoms with van der Waals surface area (Å²) in [4.78, 5) is 4.72. The van der Waals surface area contributed by atoms with Crippen LogP contribution in [-0.4, -0.2) is 53.8 Å². The van der Waals surface area contributed by atoms with E-state index in [1.165, 1.54) is 5.56 Å². The molecule has 1 saturated heterocycles. The molecule has 0 bridgehead atoms. The molecule has 0 saturated carbocycles. The molecule has 2 heterocycles. The molecule has 1 aromatic carbocycles. The second-order valence-corrected chi connectivity index (χ2v) is 7.01. The van der Waals surface area contributed by atoms with Crippen LogP contribution in [0.5, 0.6) is 0 Å². The summed E-state index contributed by atoms with van der Waals surface area (Å²) in [6, 6.07) is 12.6. The van der Waals surface area contributed by atoms with E-state index < -0.39 is 0 Å². The number of hydrogen-bond acceptors (Lipinski definition) is 5. The molecule has 0 aliphatic carbocycles. The summed E-state index contributed by atoms with van der Waals surface area (Å²) in [6.45, 7) is 9.70. The topological polar surface area (TPSA) is 41.7 Å². The van der Waals surface area contributed by atoms with Crippen molar-refractivity contribution in [3.05, 3.63) is 53.4 Å². The Morgan fingerprint density at radius 2 is 1.80 bits per heavy atom. The van der Waals surface area contributed by atoms with Crippen LogP contribution in [0.2, 0.25) is 0 Å². The third kappa shape index (κ3) is 4.29. The first-order valence-electron chi connectivity index (χ1n) is 9.15. The summed E-state index contributed by atoms with van der Waals surface area (Å²) in [6.07, 6.45) is 0.889. The number of rotatable bonds is 9. The second-order valence-electron chi connectivity index (χ2n) is 7.01. The van der Waals surface area contributed by atoms with E-state index >= 15 is 0 Å². The average molecular weight is 343 g/mol. The molecule has 136 valence electrons. The standard InChI is InChI=1S/C20H29N3O2/c1-4-23(5-2)20(15-24-16-20)12-18-11-19(25-21-18)14-22(3)13-17-9-7-6-8-10-17/h6-11H,4-5,12-16H2,1-3H3. The van der Waals surface area contributed by atoms with Gasteiger partial charge in [-0.25, -0.2) is 0 Å². The summed E-state index contributed by atoms with van der Waals surface area (Å²) in [5.41, 5.74) is 2.42. The first-order chi connectivity index (χ1) is 12.1. The van der Waals surface area contributed by atoms with Crippen molar-refractivity contribution in [2.75, 3.05) is 33.4 Å². The number of benzene rings is 1. The lowest BCUT2D eigenvalue weighted by molar-refractivity contribution is -0.138. The van der Waals surface area contributed by atoms with Gasteiger partial charge in [0.2, 0.25) is 0 Å². The number of ether oxygens (including phenoxy) is 1. The van der Waals surface area contributed by atoms with Crippen molar-refractivity contribution in [2.24, 2.45) is 0 Å². The van der Waals surface area contributed by atoms with Crippen LogP contribution in [0, 0.1) is 0 Å². The summed E-state index contributed by atoms with van der Waals surface area (Å²) >= 11 is 0. The normalized spacial score (nSPS) is 16.4. The predicted octanol–water partition coefficient (Wildman–Crippen LogP) is 2.96. The van der Waals surface area contributed by atoms with E-state index in [9.17, 15) is 0 Å². The van der Waals surface area contributed by atoms with E-state index in [1.54, 1.807) is 0 Å². The average Bonchev–Trinajstić information content (AvgIpc) is 3.01. The molecule has 25 heavy (non-hydrogen) atoms. The minimum absolute atomic E-state index is 0.0909. The maximum absolute atomic E-state index is 5.58. The summed E-state index contributed by atoms with van der Waals surface area (Å²) in [7, 11) is 2.10. The van der Waals surface area contributed by atoms with Crippen molar-refractivity contribution in [1.82, 2.24) is 15.0 Å². The van der Waals surface area contributed by atoms with Crippen LogP contribution in [0.15, 0.2) is 40.9 Å². The molecule has 1 aromatic heterocycles. The van der Waals surface area contributed by atoms with Gasteiger partial charge in [-0.1, -0.05) is 49.3 Å². The largest absolute Gasteiger partial charge is 0.377 e. The minimum Gasteiger partial charge on any atom is -0.377 e. The third-order valence-electron chi connectivity index (χ3n) is 5.01. The first kappa shape index (κ1) is 18.1. The molecule has 0 radical (unpaired) electrons. The van der Waals surface area contributed by atoms with Gasteiger partial charge >= 0.3 is 0 Å². The van der Waals surface area contributed by atoms with Crippen molar-refractivity contribution in [1.29, 1.82) is 0 Å². The Morgan fingerprint density at radius 3 is 2.40 bits per heavy atom. The van der Waals surface area contributed by atoms with E-state index in [2.05, 4.69) is 66.2 Å². The van der Waals surface area contributed by atoms with E-state index in [0.717, 1.165) is 57.3 Å². The monoisotopic (exact) mass is 343 g/mol. The van der Waals surface area contributed by atoms with Gasteiger partial charge in [-0.3, -0.25) is 9.80 Å². The van der Waals surface area contributed by atoms with E-state index in [1.807, 2.05) is 6.07 Å². The molecule has 0 N–H and O–H groups in total. The molecule has 1 fully saturated rings. The van der Waals surface area contributed by atoms with E-state index in [4.69, 9.17) is 9.26 Å². The fraction of sp³-hybridized carbons (Fsp3) is 0.550. The van der Waals surface area contributed by atoms with Crippen LogP contribution in [0.1, 0.15) is 30.9 Å². The first-order valence-corrected chi connectivity index (χ1v) is 9.15. The molecular weight excluding hydrogens is 314 g/mol. The highest BCUT2D eigenvalue weighted by molar-refractivity contribution is 5.15. The Hall–Kier alpha value is -1.69. The highest BCUT2D eigenvalue weighted by Crippen LogP contribution is 2.29. The second kappa shape index (κ2) is 8.13. The number of aromatic nitrogens is 1. The molecule has 1 aliphatic rings. The lowest BCUT2D eigenvalue weighted by Gasteiger charge is -2.49. The smallest absolute Gasteiger partial charge is 0.150 e. The van der Waals surface area contributed by atoms with Gasteiger partial charge in [0.25, 0.3) is 0 Å². The highest BCUT2D eigenvalue weighted by atomic mass is 16.5. The van der Waals surface area contributed by atoms with Crippen LogP contribution in [-0.2, 0) is 24.2 Å². The molecule has 0 spiro atoms. The number of nitrogens with zero attached hydrogens (tertiary/aromatic N) is 3. The van der Waals surface area contributed by atoms with Gasteiger partial charge < -0.3 is 9.26 Å². The maximum atomic E-state index is 5.58. The highest BCUT2D eigenvalue weighted by Gasteiger charge is 2.43. The Labute approximate surface area is 150 Å². The molecule has 5 nitrogen and oxygen atoms in total. The van der Waals surface area contributed by atoms with Crippen LogP contribution in [0.4, 0.5) is 0 Å². The molecule has 1 aliphatic heterocycles. The van der Waals surface area contributed by atoms with Crippen LogP contribution in [0.3, 0.4) is 0 Å². The van der Waals surface area contributed by atoms with Gasteiger partial charge in [-0.2, -0.15) is 0 Å². The quantitative estimate of drug-likeness (QED) is 0.700. The number of likely N-dealkylation sites (N-methyl/N-ethyl adjacent to an activating group) is 1. The summed E-state index contributed by atoms with van der Waals surface area (Å²) < 4.78 is 11.1. The molecule has 3 rings (SSSR count). The van der Waals surface area contributed by atoms with Crippen LogP contribution in [0.25, 0.3) is 0 Å². The van der Waals surface area contributed by atoms with Crippen molar-refractivity contribution < 1.29 is 9.26 Å². The Balaban J connectivity index is 1.58. The van der Waals surface area contributed by atoms with Gasteiger partial charge in [0.1, 0.15) is 0 Å². The lowest BCUT2D eigenvalue weighted by atomic mass is 9.89. The minimum atomic E-state index is 0.0909. The van der Waals surface area contributed by atoms with Crippen molar-refractivity contribution in [3.63, 3.8) is 0 Å². The van der Waals surface area contributed by atoms with Gasteiger partial charge in [0.05, 0.1) is 31.0 Å². The van der Waals surface area contributed by atoms with Crippen molar-refractivity contribution >= 4 is 0 Å². The molecule has 5 heteroatoms. The van der Waals surface area contributed by atoms with Gasteiger partial charge in [0, 0.05) is 19.0 Å². The van der Waals surface area contributed by atoms with Crippen molar-refractivity contribution in [2.45, 2.75) is 38.9 Å². The maximum Gasteiger partial charge on any atom is 0.150 e. The van der Waals surface area contributed by atoms with Gasteiger partial charge in [0.15, 0.2) is 5.76 Å². The van der Waals surface area contributed by atoms with Crippen LogP contribution < -0.4 is 0 Å². The zero-order valence-electron chi connectivity index (χ0n) is 15.6. The van der Waals surface area contributed by atoms with E-state index in [0.29, 0.717) is 0 Å². The summed E-state index contributed by atoms with van der Waals surface area (Å²) in [5.74, 6) is 0.920. The Morgan fingerprint density at radius 1 is 1.08 bits per heavy atom. The number of hydrogen-bond donors (Lipinski definition) is 0. The van der Waals surface area contributed by atoms with E-state index in [-0.39, 0.29) is 5.54 Å². The Bertz CT molecular complexity index is 648. The van der Waals surface area contributed by atoms with Gasteiger partial charge in [-0.15, -0.1) is 0 Å². The lowest BCUT2D eigenvalue weighted by Crippen LogP contribution is -2.63.